The number of hydrogen-bond donors (Lipinski definition) is 0. The Kier molecular flexibility index (Phi) is 8.81. The van der Waals surface area contributed by atoms with Crippen LogP contribution < -0.4 is 4.74 Å². The normalized spacial score (nSPS) is 12.3. The van der Waals surface area contributed by atoms with Crippen molar-refractivity contribution in [2.24, 2.45) is 0 Å². The number of likely N-dealkylation sites (N-methyl/N-ethyl adjacent to an activating group) is 1. The molecule has 0 aliphatic rings. The number of carbonyl (C=O) groups excluding carboxylic acids is 2. The van der Waals surface area contributed by atoms with E-state index in [0.717, 1.165) is 28.5 Å². The van der Waals surface area contributed by atoms with Crippen LogP contribution in [-0.4, -0.2) is 58.4 Å². The molecule has 0 aromatic heterocycles. The summed E-state index contributed by atoms with van der Waals surface area (Å²) in [4.78, 5) is 25.0. The highest BCUT2D eigenvalue weighted by Crippen LogP contribution is 2.31. The molecule has 0 saturated heterocycles. The summed E-state index contributed by atoms with van der Waals surface area (Å²) in [7, 11) is 5.83. The van der Waals surface area contributed by atoms with Crippen molar-refractivity contribution in [3.63, 3.8) is 0 Å². The van der Waals surface area contributed by atoms with Crippen LogP contribution in [0.2, 0.25) is 0 Å². The molecule has 1 atom stereocenters. The summed E-state index contributed by atoms with van der Waals surface area (Å²) in [6.07, 6.45) is 0.990. The maximum Gasteiger partial charge on any atom is 0.354 e. The first-order valence-electron chi connectivity index (χ1n) is 8.60. The first-order chi connectivity index (χ1) is 12.7. The second kappa shape index (κ2) is 10.6. The van der Waals surface area contributed by atoms with Crippen molar-refractivity contribution in [2.45, 2.75) is 26.9 Å². The molecule has 1 unspecified atom stereocenters. The summed E-state index contributed by atoms with van der Waals surface area (Å²) in [5.74, 6) is -0.511. The van der Waals surface area contributed by atoms with Gasteiger partial charge < -0.3 is 23.8 Å². The van der Waals surface area contributed by atoms with Gasteiger partial charge in [0.25, 0.3) is 0 Å². The Hall–Kier alpha value is -2.54. The first-order valence-corrected chi connectivity index (χ1v) is 8.60. The molecule has 0 radical (unpaired) electrons. The lowest BCUT2D eigenvalue weighted by Crippen LogP contribution is -2.29. The van der Waals surface area contributed by atoms with Crippen LogP contribution in [0.1, 0.15) is 29.7 Å². The van der Waals surface area contributed by atoms with Crippen molar-refractivity contribution in [3.05, 3.63) is 40.6 Å². The minimum atomic E-state index is -0.631. The smallest absolute Gasteiger partial charge is 0.354 e. The lowest BCUT2D eigenvalue weighted by Gasteiger charge is -2.23. The second-order valence-electron chi connectivity index (χ2n) is 6.19. The lowest BCUT2D eigenvalue weighted by atomic mass is 10.0. The quantitative estimate of drug-likeness (QED) is 0.482. The van der Waals surface area contributed by atoms with Gasteiger partial charge in [0.2, 0.25) is 0 Å². The SMILES string of the molecule is COC(=O)C=C(C(=O)OC)N(C)CCOc1cc(C)cc(C)c1C(C)OC. The number of hydrogen-bond acceptors (Lipinski definition) is 7. The number of carbonyl (C=O) groups is 2. The summed E-state index contributed by atoms with van der Waals surface area (Å²) in [5.41, 5.74) is 3.26. The molecular weight excluding hydrogens is 350 g/mol. The van der Waals surface area contributed by atoms with E-state index in [1.54, 1.807) is 19.1 Å². The highest BCUT2D eigenvalue weighted by atomic mass is 16.5. The monoisotopic (exact) mass is 379 g/mol. The van der Waals surface area contributed by atoms with E-state index in [1.165, 1.54) is 14.2 Å². The zero-order valence-corrected chi connectivity index (χ0v) is 17.1. The number of methoxy groups -OCH3 is 3. The van der Waals surface area contributed by atoms with E-state index in [2.05, 4.69) is 10.8 Å². The molecule has 0 aliphatic heterocycles. The van der Waals surface area contributed by atoms with Gasteiger partial charge in [-0.25, -0.2) is 9.59 Å². The molecule has 0 spiro atoms. The lowest BCUT2D eigenvalue weighted by molar-refractivity contribution is -0.139. The fraction of sp³-hybridized carbons (Fsp3) is 0.500. The van der Waals surface area contributed by atoms with Crippen LogP contribution in [-0.2, 0) is 23.8 Å². The molecule has 0 fully saturated rings. The molecule has 7 heteroatoms. The van der Waals surface area contributed by atoms with Gasteiger partial charge in [-0.2, -0.15) is 0 Å². The number of aryl methyl sites for hydroxylation is 2. The van der Waals surface area contributed by atoms with Crippen molar-refractivity contribution in [3.8, 4) is 5.75 Å². The van der Waals surface area contributed by atoms with E-state index in [-0.39, 0.29) is 11.8 Å². The van der Waals surface area contributed by atoms with Gasteiger partial charge in [-0.1, -0.05) is 6.07 Å². The maximum atomic E-state index is 11.9. The number of benzene rings is 1. The fourth-order valence-electron chi connectivity index (χ4n) is 2.71. The van der Waals surface area contributed by atoms with Crippen molar-refractivity contribution in [2.75, 3.05) is 41.5 Å². The topological polar surface area (TPSA) is 74.3 Å². The van der Waals surface area contributed by atoms with Gasteiger partial charge in [-0.15, -0.1) is 0 Å². The highest BCUT2D eigenvalue weighted by Gasteiger charge is 2.18. The summed E-state index contributed by atoms with van der Waals surface area (Å²) in [5, 5.41) is 0. The van der Waals surface area contributed by atoms with Gasteiger partial charge in [-0.3, -0.25) is 0 Å². The van der Waals surface area contributed by atoms with Crippen LogP contribution in [0.3, 0.4) is 0 Å². The Morgan fingerprint density at radius 1 is 1.15 bits per heavy atom. The molecule has 7 nitrogen and oxygen atoms in total. The standard InChI is InChI=1S/C20H29NO6/c1-13-10-14(2)19(15(3)24-5)17(11-13)27-9-8-21(4)16(20(23)26-7)12-18(22)25-6/h10-12,15H,8-9H2,1-7H3. The van der Waals surface area contributed by atoms with E-state index in [4.69, 9.17) is 14.2 Å². The second-order valence-corrected chi connectivity index (χ2v) is 6.19. The zero-order valence-electron chi connectivity index (χ0n) is 17.1. The van der Waals surface area contributed by atoms with Crippen LogP contribution in [0.15, 0.2) is 23.9 Å². The van der Waals surface area contributed by atoms with Crippen LogP contribution in [0.5, 0.6) is 5.75 Å². The minimum Gasteiger partial charge on any atom is -0.491 e. The minimum absolute atomic E-state index is 0.0962. The van der Waals surface area contributed by atoms with E-state index in [0.29, 0.717) is 13.2 Å². The Labute approximate surface area is 160 Å². The zero-order chi connectivity index (χ0) is 20.6. The Morgan fingerprint density at radius 2 is 1.81 bits per heavy atom. The maximum absolute atomic E-state index is 11.9. The predicted molar refractivity (Wildman–Crippen MR) is 102 cm³/mol. The summed E-state index contributed by atoms with van der Waals surface area (Å²) >= 11 is 0. The Balaban J connectivity index is 2.91. The van der Waals surface area contributed by atoms with Gasteiger partial charge in [0.05, 0.1) is 32.9 Å². The number of ether oxygens (including phenoxy) is 4. The van der Waals surface area contributed by atoms with Crippen LogP contribution >= 0.6 is 0 Å². The molecule has 0 saturated carbocycles. The number of nitrogens with zero attached hydrogens (tertiary/aromatic N) is 1. The van der Waals surface area contributed by atoms with Gasteiger partial charge in [0.15, 0.2) is 0 Å². The van der Waals surface area contributed by atoms with Gasteiger partial charge in [0, 0.05) is 19.7 Å². The van der Waals surface area contributed by atoms with Crippen LogP contribution in [0.4, 0.5) is 0 Å². The molecule has 1 aromatic carbocycles. The van der Waals surface area contributed by atoms with E-state index in [1.807, 2.05) is 26.8 Å². The van der Waals surface area contributed by atoms with Crippen LogP contribution in [0, 0.1) is 13.8 Å². The van der Waals surface area contributed by atoms with Crippen molar-refractivity contribution in [1.29, 1.82) is 0 Å². The summed E-state index contributed by atoms with van der Waals surface area (Å²) in [6.45, 7) is 6.65. The molecule has 0 aliphatic carbocycles. The summed E-state index contributed by atoms with van der Waals surface area (Å²) in [6, 6.07) is 4.04. The number of esters is 2. The van der Waals surface area contributed by atoms with Gasteiger partial charge in [0.1, 0.15) is 18.1 Å². The third kappa shape index (κ3) is 6.29. The molecule has 150 valence electrons. The summed E-state index contributed by atoms with van der Waals surface area (Å²) < 4.78 is 20.7. The fourth-order valence-corrected chi connectivity index (χ4v) is 2.71. The molecule has 1 rings (SSSR count). The first kappa shape index (κ1) is 22.5. The van der Waals surface area contributed by atoms with Crippen molar-refractivity contribution >= 4 is 11.9 Å². The van der Waals surface area contributed by atoms with Crippen molar-refractivity contribution < 1.29 is 28.5 Å². The van der Waals surface area contributed by atoms with E-state index >= 15 is 0 Å². The van der Waals surface area contributed by atoms with Crippen molar-refractivity contribution in [1.82, 2.24) is 4.90 Å². The molecule has 27 heavy (non-hydrogen) atoms. The number of rotatable bonds is 9. The average Bonchev–Trinajstić information content (AvgIpc) is 2.64. The molecule has 0 bridgehead atoms. The highest BCUT2D eigenvalue weighted by molar-refractivity contribution is 5.95. The van der Waals surface area contributed by atoms with Gasteiger partial charge >= 0.3 is 11.9 Å². The molecule has 0 amide bonds. The van der Waals surface area contributed by atoms with E-state index < -0.39 is 11.9 Å². The molecular formula is C20H29NO6. The van der Waals surface area contributed by atoms with Crippen LogP contribution in [0.25, 0.3) is 0 Å². The van der Waals surface area contributed by atoms with Gasteiger partial charge in [-0.05, 0) is 38.0 Å². The van der Waals surface area contributed by atoms with E-state index in [9.17, 15) is 9.59 Å². The Bertz CT molecular complexity index is 698. The molecule has 0 heterocycles. The predicted octanol–water partition coefficient (Wildman–Crippen LogP) is 2.55. The largest absolute Gasteiger partial charge is 0.491 e. The molecule has 1 aromatic rings. The third-order valence-electron chi connectivity index (χ3n) is 4.20. The molecule has 0 N–H and O–H groups in total. The third-order valence-corrected chi connectivity index (χ3v) is 4.20. The average molecular weight is 379 g/mol. The Morgan fingerprint density at radius 3 is 2.37 bits per heavy atom.